The molecule has 0 N–H and O–H groups in total. The van der Waals surface area contributed by atoms with E-state index in [9.17, 15) is 10.1 Å². The number of aryl methyl sites for hydroxylation is 1. The normalized spacial score (nSPS) is 24.6. The van der Waals surface area contributed by atoms with Gasteiger partial charge >= 0.3 is 0 Å². The molecule has 5 heteroatoms. The summed E-state index contributed by atoms with van der Waals surface area (Å²) in [5.41, 5.74) is 4.86. The van der Waals surface area contributed by atoms with E-state index in [0.29, 0.717) is 0 Å². The molecule has 0 spiro atoms. The minimum absolute atomic E-state index is 0.132. The van der Waals surface area contributed by atoms with Gasteiger partial charge in [-0.25, -0.2) is 0 Å². The van der Waals surface area contributed by atoms with Crippen LogP contribution in [0.4, 0.5) is 5.69 Å². The summed E-state index contributed by atoms with van der Waals surface area (Å²) < 4.78 is 0. The molecule has 1 fully saturated rings. The number of fused-ring (bicyclic) bond motifs is 1. The lowest BCUT2D eigenvalue weighted by Gasteiger charge is -2.14. The fourth-order valence-corrected chi connectivity index (χ4v) is 4.37. The molecule has 5 rings (SSSR count). The smallest absolute Gasteiger partial charge is 0.268 e. The molecular formula is C24H21N3O2. The van der Waals surface area contributed by atoms with Crippen molar-refractivity contribution >= 4 is 11.4 Å². The third-order valence-corrected chi connectivity index (χ3v) is 5.81. The molecule has 0 aliphatic carbocycles. The van der Waals surface area contributed by atoms with Crippen molar-refractivity contribution in [1.29, 1.82) is 0 Å². The summed E-state index contributed by atoms with van der Waals surface area (Å²) in [4.78, 5) is 18.1. The van der Waals surface area contributed by atoms with Gasteiger partial charge in [0.1, 0.15) is 6.17 Å². The maximum atomic E-state index is 11.0. The molecule has 5 nitrogen and oxygen atoms in total. The van der Waals surface area contributed by atoms with Crippen LogP contribution < -0.4 is 0 Å². The number of benzene rings is 3. The number of nitro groups is 1. The van der Waals surface area contributed by atoms with Gasteiger partial charge in [0.15, 0.2) is 0 Å². The second kappa shape index (κ2) is 7.26. The number of aliphatic imine (C=N–C) groups is 1. The van der Waals surface area contributed by atoms with E-state index in [0.717, 1.165) is 29.7 Å². The first-order valence-corrected chi connectivity index (χ1v) is 9.91. The van der Waals surface area contributed by atoms with Gasteiger partial charge in [-0.15, -0.1) is 0 Å². The highest BCUT2D eigenvalue weighted by Crippen LogP contribution is 2.51. The van der Waals surface area contributed by atoms with Gasteiger partial charge in [0.2, 0.25) is 0 Å². The Morgan fingerprint density at radius 1 is 0.862 bits per heavy atom. The number of hydrogen-bond donors (Lipinski definition) is 0. The molecule has 0 bridgehead atoms. The van der Waals surface area contributed by atoms with Crippen LogP contribution in [0.3, 0.4) is 0 Å². The average Bonchev–Trinajstić information content (AvgIpc) is 3.39. The summed E-state index contributed by atoms with van der Waals surface area (Å²) in [5.74, 6) is 0. The molecular weight excluding hydrogens is 362 g/mol. The third kappa shape index (κ3) is 3.34. The number of nitro benzene ring substituents is 1. The minimum Gasteiger partial charge on any atom is -0.268 e. The monoisotopic (exact) mass is 383 g/mol. The van der Waals surface area contributed by atoms with Crippen LogP contribution in [0.2, 0.25) is 0 Å². The van der Waals surface area contributed by atoms with Gasteiger partial charge in [-0.3, -0.25) is 20.0 Å². The Labute approximate surface area is 169 Å². The van der Waals surface area contributed by atoms with Crippen LogP contribution in [-0.4, -0.2) is 27.7 Å². The lowest BCUT2D eigenvalue weighted by molar-refractivity contribution is -0.384. The molecule has 0 aromatic heterocycles. The number of nitrogens with zero attached hydrogens (tertiary/aromatic N) is 3. The zero-order chi connectivity index (χ0) is 19.8. The van der Waals surface area contributed by atoms with Gasteiger partial charge < -0.3 is 0 Å². The molecule has 2 aliphatic rings. The van der Waals surface area contributed by atoms with E-state index in [2.05, 4.69) is 41.3 Å². The summed E-state index contributed by atoms with van der Waals surface area (Å²) in [6.07, 6.45) is 2.07. The number of non-ortho nitro benzene ring substituents is 1. The summed E-state index contributed by atoms with van der Waals surface area (Å²) in [7, 11) is 0. The lowest BCUT2D eigenvalue weighted by Crippen LogP contribution is -2.15. The van der Waals surface area contributed by atoms with Crippen molar-refractivity contribution in [2.75, 3.05) is 0 Å². The van der Waals surface area contributed by atoms with Crippen molar-refractivity contribution in [2.45, 2.75) is 31.1 Å². The molecule has 3 aromatic rings. The number of hydrogen-bond acceptors (Lipinski definition) is 4. The molecule has 0 amide bonds. The topological polar surface area (TPSA) is 58.5 Å². The quantitative estimate of drug-likeness (QED) is 0.350. The molecule has 1 saturated heterocycles. The molecule has 144 valence electrons. The van der Waals surface area contributed by atoms with Crippen LogP contribution in [0, 0.1) is 10.1 Å². The molecule has 0 radical (unpaired) electrons. The fraction of sp³-hybridized carbons (Fsp3) is 0.208. The van der Waals surface area contributed by atoms with E-state index in [-0.39, 0.29) is 28.9 Å². The average molecular weight is 383 g/mol. The Bertz CT molecular complexity index is 1050. The zero-order valence-electron chi connectivity index (χ0n) is 15.9. The SMILES string of the molecule is O=[N+]([O-])c1ccc(C2C3C(c4ccccc4)=NC(CCc4ccccc4)N32)cc1. The van der Waals surface area contributed by atoms with Crippen LogP contribution in [0.25, 0.3) is 0 Å². The highest BCUT2D eigenvalue weighted by atomic mass is 16.6. The molecule has 2 aliphatic heterocycles. The van der Waals surface area contributed by atoms with E-state index in [1.54, 1.807) is 12.1 Å². The van der Waals surface area contributed by atoms with Crippen LogP contribution in [0.1, 0.15) is 29.2 Å². The number of rotatable bonds is 6. The van der Waals surface area contributed by atoms with E-state index in [1.165, 1.54) is 5.56 Å². The second-order valence-electron chi connectivity index (χ2n) is 7.57. The van der Waals surface area contributed by atoms with Crippen molar-refractivity contribution < 1.29 is 4.92 Å². The highest BCUT2D eigenvalue weighted by molar-refractivity contribution is 6.08. The second-order valence-corrected chi connectivity index (χ2v) is 7.57. The maximum absolute atomic E-state index is 11.0. The van der Waals surface area contributed by atoms with Gasteiger partial charge in [-0.2, -0.15) is 0 Å². The van der Waals surface area contributed by atoms with Gasteiger partial charge in [-0.05, 0) is 29.5 Å². The Hall–Kier alpha value is -3.31. The van der Waals surface area contributed by atoms with Crippen molar-refractivity contribution in [3.8, 4) is 0 Å². The first-order chi connectivity index (χ1) is 14.2. The van der Waals surface area contributed by atoms with E-state index in [1.807, 2.05) is 36.4 Å². The van der Waals surface area contributed by atoms with Gasteiger partial charge in [-0.1, -0.05) is 72.8 Å². The third-order valence-electron chi connectivity index (χ3n) is 5.81. The van der Waals surface area contributed by atoms with Gasteiger partial charge in [0, 0.05) is 12.1 Å². The molecule has 0 saturated carbocycles. The van der Waals surface area contributed by atoms with E-state index < -0.39 is 0 Å². The molecule has 3 aromatic carbocycles. The van der Waals surface area contributed by atoms with Crippen LogP contribution >= 0.6 is 0 Å². The van der Waals surface area contributed by atoms with Gasteiger partial charge in [0.05, 0.1) is 22.7 Å². The largest absolute Gasteiger partial charge is 0.269 e. The van der Waals surface area contributed by atoms with Crippen molar-refractivity contribution in [3.05, 3.63) is 112 Å². The maximum Gasteiger partial charge on any atom is 0.269 e. The summed E-state index contributed by atoms with van der Waals surface area (Å²) in [6.45, 7) is 0. The Kier molecular flexibility index (Phi) is 4.45. The Balaban J connectivity index is 1.41. The van der Waals surface area contributed by atoms with Crippen molar-refractivity contribution in [2.24, 2.45) is 4.99 Å². The summed E-state index contributed by atoms with van der Waals surface area (Å²) in [6, 6.07) is 28.3. The standard InChI is InChI=1S/C24H21N3O2/c28-27(29)20-14-12-19(13-15-20)23-24-22(18-9-5-2-6-10-18)25-21(26(23)24)16-11-17-7-3-1-4-8-17/h1-10,12-15,21,23-24H,11,16H2. The first kappa shape index (κ1) is 17.8. The Morgan fingerprint density at radius 2 is 1.52 bits per heavy atom. The summed E-state index contributed by atoms with van der Waals surface area (Å²) >= 11 is 0. The van der Waals surface area contributed by atoms with E-state index >= 15 is 0 Å². The van der Waals surface area contributed by atoms with E-state index in [4.69, 9.17) is 4.99 Å². The molecule has 29 heavy (non-hydrogen) atoms. The predicted octanol–water partition coefficient (Wildman–Crippen LogP) is 4.78. The van der Waals surface area contributed by atoms with Crippen molar-refractivity contribution in [1.82, 2.24) is 4.90 Å². The van der Waals surface area contributed by atoms with Crippen LogP contribution in [-0.2, 0) is 6.42 Å². The summed E-state index contributed by atoms with van der Waals surface area (Å²) in [5, 5.41) is 11.0. The van der Waals surface area contributed by atoms with Crippen molar-refractivity contribution in [3.63, 3.8) is 0 Å². The fourth-order valence-electron chi connectivity index (χ4n) is 4.37. The Morgan fingerprint density at radius 3 is 2.17 bits per heavy atom. The molecule has 2 heterocycles. The minimum atomic E-state index is -0.350. The first-order valence-electron chi connectivity index (χ1n) is 9.91. The molecule has 4 unspecified atom stereocenters. The highest BCUT2D eigenvalue weighted by Gasteiger charge is 2.58. The molecule has 4 atom stereocenters. The van der Waals surface area contributed by atoms with Crippen LogP contribution in [0.15, 0.2) is 89.9 Å². The van der Waals surface area contributed by atoms with Crippen LogP contribution in [0.5, 0.6) is 0 Å². The zero-order valence-corrected chi connectivity index (χ0v) is 15.9. The van der Waals surface area contributed by atoms with Gasteiger partial charge in [0.25, 0.3) is 5.69 Å². The lowest BCUT2D eigenvalue weighted by atomic mass is 10.0. The predicted molar refractivity (Wildman–Crippen MR) is 113 cm³/mol.